The van der Waals surface area contributed by atoms with E-state index in [2.05, 4.69) is 32.1 Å². The third-order valence-corrected chi connectivity index (χ3v) is 7.70. The van der Waals surface area contributed by atoms with Crippen LogP contribution in [0.5, 0.6) is 5.75 Å². The minimum atomic E-state index is 0.0658. The van der Waals surface area contributed by atoms with Crippen molar-refractivity contribution < 1.29 is 9.90 Å². The summed E-state index contributed by atoms with van der Waals surface area (Å²) in [4.78, 5) is 22.3. The normalized spacial score (nSPS) is 15.0. The molecule has 3 heterocycles. The average molecular weight is 497 g/mol. The number of fused-ring (bicyclic) bond motifs is 1. The van der Waals surface area contributed by atoms with Crippen LogP contribution in [0, 0.1) is 11.8 Å². The first-order valence-corrected chi connectivity index (χ1v) is 13.6. The number of pyridine rings is 2. The molecule has 1 atom stereocenters. The summed E-state index contributed by atoms with van der Waals surface area (Å²) in [6.07, 6.45) is 14.7. The van der Waals surface area contributed by atoms with Crippen LogP contribution >= 0.6 is 0 Å². The van der Waals surface area contributed by atoms with Gasteiger partial charge in [-0.3, -0.25) is 9.78 Å². The third kappa shape index (κ3) is 6.19. The second-order valence-electron chi connectivity index (χ2n) is 10.2. The number of aromatic nitrogens is 3. The van der Waals surface area contributed by atoms with Crippen LogP contribution in [0.1, 0.15) is 57.1 Å². The summed E-state index contributed by atoms with van der Waals surface area (Å²) in [6, 6.07) is 17.2. The maximum atomic E-state index is 13.3. The molecule has 1 amide bonds. The van der Waals surface area contributed by atoms with E-state index in [-0.39, 0.29) is 17.6 Å². The van der Waals surface area contributed by atoms with Gasteiger partial charge in [0, 0.05) is 42.0 Å². The van der Waals surface area contributed by atoms with Crippen molar-refractivity contribution in [3.63, 3.8) is 0 Å². The molecule has 37 heavy (non-hydrogen) atoms. The Bertz CT molecular complexity index is 1290. The summed E-state index contributed by atoms with van der Waals surface area (Å²) in [5.41, 5.74) is 4.06. The van der Waals surface area contributed by atoms with Crippen LogP contribution in [0.4, 0.5) is 0 Å². The molecule has 1 aliphatic carbocycles. The number of carbonyl (C=O) groups is 1. The van der Waals surface area contributed by atoms with E-state index in [1.54, 1.807) is 18.3 Å². The van der Waals surface area contributed by atoms with Gasteiger partial charge in [-0.15, -0.1) is 0 Å². The number of hydrogen-bond donors (Lipinski definition) is 2. The Balaban J connectivity index is 1.23. The van der Waals surface area contributed by atoms with E-state index in [0.29, 0.717) is 12.5 Å². The number of amides is 1. The SMILES string of the molecule is O=C(NCc1ccccn1)C(CCCCn1cc(-c2ccc(O)cc2)c2cccnc21)C1CCCCC1. The van der Waals surface area contributed by atoms with Gasteiger partial charge in [0.1, 0.15) is 11.4 Å². The van der Waals surface area contributed by atoms with Crippen LogP contribution in [-0.2, 0) is 17.9 Å². The van der Waals surface area contributed by atoms with Crippen LogP contribution < -0.4 is 5.32 Å². The summed E-state index contributed by atoms with van der Waals surface area (Å²) < 4.78 is 2.23. The van der Waals surface area contributed by atoms with Crippen molar-refractivity contribution in [2.75, 3.05) is 0 Å². The van der Waals surface area contributed by atoms with Gasteiger partial charge in [0.05, 0.1) is 12.2 Å². The van der Waals surface area contributed by atoms with Crippen molar-refractivity contribution in [1.82, 2.24) is 19.9 Å². The number of nitrogens with one attached hydrogen (secondary N) is 1. The van der Waals surface area contributed by atoms with Crippen molar-refractivity contribution in [2.45, 2.75) is 64.5 Å². The van der Waals surface area contributed by atoms with Gasteiger partial charge in [0.25, 0.3) is 0 Å². The van der Waals surface area contributed by atoms with Crippen LogP contribution in [-0.4, -0.2) is 25.5 Å². The van der Waals surface area contributed by atoms with E-state index in [1.807, 2.05) is 42.6 Å². The molecule has 6 heteroatoms. The molecule has 6 nitrogen and oxygen atoms in total. The third-order valence-electron chi connectivity index (χ3n) is 7.70. The number of aromatic hydroxyl groups is 1. The lowest BCUT2D eigenvalue weighted by Crippen LogP contribution is -2.35. The molecule has 1 saturated carbocycles. The Morgan fingerprint density at radius 1 is 0.973 bits per heavy atom. The van der Waals surface area contributed by atoms with Gasteiger partial charge in [-0.05, 0) is 73.6 Å². The Labute approximate surface area is 218 Å². The molecule has 0 aliphatic heterocycles. The molecule has 2 N–H and O–H groups in total. The Kier molecular flexibility index (Phi) is 8.14. The highest BCUT2D eigenvalue weighted by atomic mass is 16.3. The lowest BCUT2D eigenvalue weighted by Gasteiger charge is -2.29. The number of rotatable bonds is 10. The zero-order valence-corrected chi connectivity index (χ0v) is 21.4. The molecule has 192 valence electrons. The fraction of sp³-hybridized carbons (Fsp3) is 0.387. The van der Waals surface area contributed by atoms with Crippen molar-refractivity contribution in [1.29, 1.82) is 0 Å². The minimum Gasteiger partial charge on any atom is -0.508 e. The number of phenolic OH excluding ortho intramolecular Hbond substituents is 1. The first-order chi connectivity index (χ1) is 18.2. The average Bonchev–Trinajstić information content (AvgIpc) is 3.32. The lowest BCUT2D eigenvalue weighted by atomic mass is 9.77. The number of carbonyl (C=O) groups excluding carboxylic acids is 1. The van der Waals surface area contributed by atoms with E-state index < -0.39 is 0 Å². The van der Waals surface area contributed by atoms with Gasteiger partial charge in [0.15, 0.2) is 0 Å². The summed E-state index contributed by atoms with van der Waals surface area (Å²) in [5, 5.41) is 14.0. The predicted molar refractivity (Wildman–Crippen MR) is 147 cm³/mol. The monoisotopic (exact) mass is 496 g/mol. The van der Waals surface area contributed by atoms with E-state index in [9.17, 15) is 9.90 Å². The second kappa shape index (κ2) is 12.0. The molecule has 1 fully saturated rings. The molecular weight excluding hydrogens is 460 g/mol. The zero-order chi connectivity index (χ0) is 25.5. The topological polar surface area (TPSA) is 80.0 Å². The number of benzene rings is 1. The van der Waals surface area contributed by atoms with Gasteiger partial charge in [-0.2, -0.15) is 0 Å². The number of phenols is 1. The first kappa shape index (κ1) is 25.0. The molecule has 1 aliphatic rings. The van der Waals surface area contributed by atoms with Gasteiger partial charge in [-0.1, -0.05) is 43.9 Å². The number of hydrogen-bond acceptors (Lipinski definition) is 4. The van der Waals surface area contributed by atoms with Gasteiger partial charge < -0.3 is 15.0 Å². The summed E-state index contributed by atoms with van der Waals surface area (Å²) in [6.45, 7) is 1.35. The van der Waals surface area contributed by atoms with E-state index in [0.717, 1.165) is 66.5 Å². The predicted octanol–water partition coefficient (Wildman–Crippen LogP) is 6.49. The second-order valence-corrected chi connectivity index (χ2v) is 10.2. The van der Waals surface area contributed by atoms with Crippen molar-refractivity contribution in [3.8, 4) is 16.9 Å². The molecule has 0 saturated heterocycles. The van der Waals surface area contributed by atoms with Crippen molar-refractivity contribution >= 4 is 16.9 Å². The summed E-state index contributed by atoms with van der Waals surface area (Å²) in [7, 11) is 0. The molecule has 3 aromatic heterocycles. The number of unbranched alkanes of at least 4 members (excludes halogenated alkanes) is 1. The Hall–Kier alpha value is -3.67. The number of nitrogens with zero attached hydrogens (tertiary/aromatic N) is 3. The molecule has 0 radical (unpaired) electrons. The van der Waals surface area contributed by atoms with Crippen molar-refractivity contribution in [3.05, 3.63) is 78.9 Å². The smallest absolute Gasteiger partial charge is 0.223 e. The summed E-state index contributed by atoms with van der Waals surface area (Å²) in [5.74, 6) is 0.992. The highest BCUT2D eigenvalue weighted by molar-refractivity contribution is 5.94. The van der Waals surface area contributed by atoms with E-state index >= 15 is 0 Å². The quantitative estimate of drug-likeness (QED) is 0.246. The fourth-order valence-electron chi connectivity index (χ4n) is 5.74. The van der Waals surface area contributed by atoms with E-state index in [4.69, 9.17) is 0 Å². The minimum absolute atomic E-state index is 0.0658. The fourth-order valence-corrected chi connectivity index (χ4v) is 5.74. The molecule has 0 bridgehead atoms. The van der Waals surface area contributed by atoms with E-state index in [1.165, 1.54) is 19.3 Å². The maximum absolute atomic E-state index is 13.3. The van der Waals surface area contributed by atoms with Crippen LogP contribution in [0.25, 0.3) is 22.2 Å². The molecule has 1 unspecified atom stereocenters. The van der Waals surface area contributed by atoms with Crippen molar-refractivity contribution in [2.24, 2.45) is 11.8 Å². The molecule has 1 aromatic carbocycles. The zero-order valence-electron chi connectivity index (χ0n) is 21.4. The van der Waals surface area contributed by atoms with Gasteiger partial charge >= 0.3 is 0 Å². The Morgan fingerprint density at radius 2 is 1.78 bits per heavy atom. The van der Waals surface area contributed by atoms with Crippen LogP contribution in [0.2, 0.25) is 0 Å². The molecular formula is C31H36N4O2. The van der Waals surface area contributed by atoms with Crippen LogP contribution in [0.15, 0.2) is 73.2 Å². The standard InChI is InChI=1S/C31H36N4O2/c36-26-16-14-24(15-17-26)29-22-35(30-28(29)13-8-19-33-30)20-7-5-12-27(23-9-2-1-3-10-23)31(37)34-21-25-11-4-6-18-32-25/h4,6,8,11,13-19,22-23,27,36H,1-3,5,7,9-10,12,20-21H2,(H,34,37). The largest absolute Gasteiger partial charge is 0.508 e. The summed E-state index contributed by atoms with van der Waals surface area (Å²) >= 11 is 0. The van der Waals surface area contributed by atoms with Gasteiger partial charge in [-0.25, -0.2) is 4.98 Å². The highest BCUT2D eigenvalue weighted by Gasteiger charge is 2.29. The van der Waals surface area contributed by atoms with Crippen LogP contribution in [0.3, 0.4) is 0 Å². The molecule has 0 spiro atoms. The first-order valence-electron chi connectivity index (χ1n) is 13.6. The van der Waals surface area contributed by atoms with Gasteiger partial charge in [0.2, 0.25) is 5.91 Å². The lowest BCUT2D eigenvalue weighted by molar-refractivity contribution is -0.127. The molecule has 4 aromatic rings. The highest BCUT2D eigenvalue weighted by Crippen LogP contribution is 2.34. The number of aryl methyl sites for hydroxylation is 1. The Morgan fingerprint density at radius 3 is 2.57 bits per heavy atom. The molecule has 5 rings (SSSR count). The maximum Gasteiger partial charge on any atom is 0.223 e.